The van der Waals surface area contributed by atoms with Crippen molar-refractivity contribution in [2.75, 3.05) is 6.61 Å². The van der Waals surface area contributed by atoms with Gasteiger partial charge in [-0.15, -0.1) is 0 Å². The Kier molecular flexibility index (Phi) is 7.07. The fraction of sp³-hybridized carbons (Fsp3) is 0.818. The van der Waals surface area contributed by atoms with Crippen molar-refractivity contribution in [1.82, 2.24) is 0 Å². The monoisotopic (exact) mass is 200 g/mol. The molecule has 0 unspecified atom stereocenters. The third-order valence-corrected chi connectivity index (χ3v) is 1.78. The summed E-state index contributed by atoms with van der Waals surface area (Å²) in [5.74, 6) is -0.781. The van der Waals surface area contributed by atoms with E-state index in [9.17, 15) is 9.59 Å². The Morgan fingerprint density at radius 3 is 2.36 bits per heavy atom. The van der Waals surface area contributed by atoms with Crippen molar-refractivity contribution in [3.8, 4) is 0 Å². The van der Waals surface area contributed by atoms with Crippen LogP contribution in [0.25, 0.3) is 0 Å². The minimum absolute atomic E-state index is 0.280. The van der Waals surface area contributed by atoms with Crippen molar-refractivity contribution in [3.05, 3.63) is 0 Å². The molecule has 0 spiro atoms. The lowest BCUT2D eigenvalue weighted by Crippen LogP contribution is -2.19. The summed E-state index contributed by atoms with van der Waals surface area (Å²) in [7, 11) is 0. The minimum Gasteiger partial charge on any atom is -0.460 e. The van der Waals surface area contributed by atoms with E-state index < -0.39 is 5.97 Å². The molecule has 0 N–H and O–H groups in total. The van der Waals surface area contributed by atoms with Crippen LogP contribution >= 0.6 is 0 Å². The van der Waals surface area contributed by atoms with Gasteiger partial charge in [-0.25, -0.2) is 4.79 Å². The van der Waals surface area contributed by atoms with E-state index in [1.54, 1.807) is 0 Å². The van der Waals surface area contributed by atoms with Crippen LogP contribution in [0.4, 0.5) is 0 Å². The highest BCUT2D eigenvalue weighted by Crippen LogP contribution is 2.01. The normalized spacial score (nSPS) is 10.3. The Hall–Kier alpha value is -0.860. The van der Waals surface area contributed by atoms with Gasteiger partial charge in [0, 0.05) is 6.42 Å². The van der Waals surface area contributed by atoms with Gasteiger partial charge in [0.05, 0.1) is 6.61 Å². The van der Waals surface area contributed by atoms with Gasteiger partial charge in [0.25, 0.3) is 0 Å². The SMILES string of the molecule is CCCCCC(=O)C(=O)OCC(C)C. The summed E-state index contributed by atoms with van der Waals surface area (Å²) in [6.07, 6.45) is 3.15. The number of Topliss-reactive ketones (excluding diaryl/α,β-unsaturated/α-hetero) is 1. The van der Waals surface area contributed by atoms with E-state index >= 15 is 0 Å². The Morgan fingerprint density at radius 1 is 1.21 bits per heavy atom. The molecule has 14 heavy (non-hydrogen) atoms. The second-order valence-electron chi connectivity index (χ2n) is 3.87. The highest BCUT2D eigenvalue weighted by Gasteiger charge is 2.14. The first-order valence-electron chi connectivity index (χ1n) is 5.27. The van der Waals surface area contributed by atoms with Crippen LogP contribution in [0.1, 0.15) is 46.5 Å². The number of ether oxygens (including phenoxy) is 1. The first-order valence-corrected chi connectivity index (χ1v) is 5.27. The topological polar surface area (TPSA) is 43.4 Å². The van der Waals surface area contributed by atoms with Crippen molar-refractivity contribution in [2.45, 2.75) is 46.5 Å². The molecule has 0 heterocycles. The summed E-state index contributed by atoms with van der Waals surface area (Å²) in [5, 5.41) is 0. The van der Waals surface area contributed by atoms with Gasteiger partial charge in [-0.1, -0.05) is 33.6 Å². The van der Waals surface area contributed by atoms with Gasteiger partial charge >= 0.3 is 5.97 Å². The van der Waals surface area contributed by atoms with Crippen molar-refractivity contribution in [1.29, 1.82) is 0 Å². The molecule has 0 saturated heterocycles. The molecule has 0 bridgehead atoms. The van der Waals surface area contributed by atoms with Crippen molar-refractivity contribution < 1.29 is 14.3 Å². The summed E-state index contributed by atoms with van der Waals surface area (Å²) in [6, 6.07) is 0. The molecule has 0 aromatic heterocycles. The van der Waals surface area contributed by atoms with Gasteiger partial charge in [0.15, 0.2) is 0 Å². The zero-order chi connectivity index (χ0) is 11.0. The first kappa shape index (κ1) is 13.1. The Morgan fingerprint density at radius 2 is 1.86 bits per heavy atom. The largest absolute Gasteiger partial charge is 0.460 e. The van der Waals surface area contributed by atoms with Gasteiger partial charge in [-0.05, 0) is 12.3 Å². The molecule has 0 fully saturated rings. The van der Waals surface area contributed by atoms with Crippen molar-refractivity contribution in [3.63, 3.8) is 0 Å². The van der Waals surface area contributed by atoms with E-state index in [1.165, 1.54) is 0 Å². The lowest BCUT2D eigenvalue weighted by Gasteiger charge is -2.05. The van der Waals surface area contributed by atoms with Crippen molar-refractivity contribution >= 4 is 11.8 Å². The second-order valence-corrected chi connectivity index (χ2v) is 3.87. The maximum absolute atomic E-state index is 11.2. The van der Waals surface area contributed by atoms with Crippen LogP contribution in [0.3, 0.4) is 0 Å². The molecule has 0 saturated carbocycles. The predicted molar refractivity (Wildman–Crippen MR) is 54.9 cm³/mol. The Bertz CT molecular complexity index is 185. The molecule has 0 radical (unpaired) electrons. The van der Waals surface area contributed by atoms with Crippen LogP contribution in [0.2, 0.25) is 0 Å². The number of rotatable bonds is 7. The molecule has 82 valence electrons. The number of ketones is 1. The number of hydrogen-bond acceptors (Lipinski definition) is 3. The van der Waals surface area contributed by atoms with Gasteiger partial charge in [-0.3, -0.25) is 4.79 Å². The summed E-state index contributed by atoms with van der Waals surface area (Å²) in [5.41, 5.74) is 0. The highest BCUT2D eigenvalue weighted by atomic mass is 16.5. The standard InChI is InChI=1S/C11H20O3/c1-4-5-6-7-10(12)11(13)14-8-9(2)3/h9H,4-8H2,1-3H3. The van der Waals surface area contributed by atoms with Crippen molar-refractivity contribution in [2.24, 2.45) is 5.92 Å². The molecule has 0 aliphatic carbocycles. The minimum atomic E-state index is -0.671. The maximum atomic E-state index is 11.2. The van der Waals surface area contributed by atoms with Crippen LogP contribution < -0.4 is 0 Å². The molecule has 0 atom stereocenters. The van der Waals surface area contributed by atoms with Crippen LogP contribution in [-0.4, -0.2) is 18.4 Å². The molecule has 0 aromatic rings. The van der Waals surface area contributed by atoms with Gasteiger partial charge < -0.3 is 4.74 Å². The zero-order valence-corrected chi connectivity index (χ0v) is 9.34. The molecular formula is C11H20O3. The van der Waals surface area contributed by atoms with Crippen LogP contribution in [0, 0.1) is 5.92 Å². The van der Waals surface area contributed by atoms with E-state index in [2.05, 4.69) is 6.92 Å². The number of unbranched alkanes of at least 4 members (excludes halogenated alkanes) is 2. The van der Waals surface area contributed by atoms with Gasteiger partial charge in [0.1, 0.15) is 0 Å². The van der Waals surface area contributed by atoms with E-state index in [-0.39, 0.29) is 11.7 Å². The zero-order valence-electron chi connectivity index (χ0n) is 9.34. The van der Waals surface area contributed by atoms with Crippen LogP contribution in [0.15, 0.2) is 0 Å². The Balaban J connectivity index is 3.60. The first-order chi connectivity index (χ1) is 6.57. The fourth-order valence-electron chi connectivity index (χ4n) is 0.960. The van der Waals surface area contributed by atoms with E-state index in [0.717, 1.165) is 19.3 Å². The molecule has 0 aromatic carbocycles. The van der Waals surface area contributed by atoms with E-state index in [1.807, 2.05) is 13.8 Å². The summed E-state index contributed by atoms with van der Waals surface area (Å²) in [4.78, 5) is 22.2. The van der Waals surface area contributed by atoms with Gasteiger partial charge in [-0.2, -0.15) is 0 Å². The lowest BCUT2D eigenvalue weighted by molar-refractivity contribution is -0.154. The van der Waals surface area contributed by atoms with Crippen LogP contribution in [0.5, 0.6) is 0 Å². The van der Waals surface area contributed by atoms with Gasteiger partial charge in [0.2, 0.25) is 5.78 Å². The molecule has 3 nitrogen and oxygen atoms in total. The molecule has 0 aliphatic rings. The number of hydrogen-bond donors (Lipinski definition) is 0. The molecule has 3 heteroatoms. The predicted octanol–water partition coefficient (Wildman–Crippen LogP) is 2.33. The fourth-order valence-corrected chi connectivity index (χ4v) is 0.960. The smallest absolute Gasteiger partial charge is 0.374 e. The average molecular weight is 200 g/mol. The maximum Gasteiger partial charge on any atom is 0.374 e. The lowest BCUT2D eigenvalue weighted by atomic mass is 10.1. The number of carbonyl (C=O) groups is 2. The second kappa shape index (κ2) is 7.54. The molecular weight excluding hydrogens is 180 g/mol. The summed E-state index contributed by atoms with van der Waals surface area (Å²) >= 11 is 0. The third-order valence-electron chi connectivity index (χ3n) is 1.78. The Labute approximate surface area is 85.8 Å². The molecule has 0 amide bonds. The quantitative estimate of drug-likeness (QED) is 0.360. The van der Waals surface area contributed by atoms with Crippen LogP contribution in [-0.2, 0) is 14.3 Å². The van der Waals surface area contributed by atoms with E-state index in [0.29, 0.717) is 13.0 Å². The number of carbonyl (C=O) groups excluding carboxylic acids is 2. The average Bonchev–Trinajstić information content (AvgIpc) is 2.14. The third kappa shape index (κ3) is 6.63. The molecule has 0 rings (SSSR count). The highest BCUT2D eigenvalue weighted by molar-refractivity contribution is 6.33. The summed E-state index contributed by atoms with van der Waals surface area (Å²) in [6.45, 7) is 6.27. The summed E-state index contributed by atoms with van der Waals surface area (Å²) < 4.78 is 4.81. The number of esters is 1. The van der Waals surface area contributed by atoms with E-state index in [4.69, 9.17) is 4.74 Å². The molecule has 0 aliphatic heterocycles.